The Kier molecular flexibility index (Phi) is 6.38. The predicted octanol–water partition coefficient (Wildman–Crippen LogP) is 3.65. The Balaban J connectivity index is 0.00000225. The number of para-hydroxylation sites is 2. The summed E-state index contributed by atoms with van der Waals surface area (Å²) < 4.78 is 16.3. The highest BCUT2D eigenvalue weighted by Gasteiger charge is 2.16. The average molecular weight is 403 g/mol. The number of nitrogens with zero attached hydrogens (tertiary/aromatic N) is 3. The molecular formula is C20H23ClN4O3. The first-order valence-corrected chi connectivity index (χ1v) is 8.85. The smallest absolute Gasteiger partial charge is 0.162 e. The van der Waals surface area contributed by atoms with Gasteiger partial charge in [-0.1, -0.05) is 12.1 Å². The van der Waals surface area contributed by atoms with Crippen molar-refractivity contribution in [3.05, 3.63) is 42.7 Å². The van der Waals surface area contributed by atoms with Crippen LogP contribution in [0.5, 0.6) is 11.5 Å². The highest BCUT2D eigenvalue weighted by Crippen LogP contribution is 2.36. The number of ether oxygens (including phenoxy) is 3. The Morgan fingerprint density at radius 2 is 1.71 bits per heavy atom. The van der Waals surface area contributed by atoms with Crippen molar-refractivity contribution in [3.8, 4) is 11.5 Å². The number of fused-ring (bicyclic) bond motifs is 1. The second kappa shape index (κ2) is 8.95. The topological polar surface area (TPSA) is 68.7 Å². The third kappa shape index (κ3) is 3.90. The lowest BCUT2D eigenvalue weighted by molar-refractivity contribution is 0.123. The number of morpholine rings is 1. The molecule has 0 aliphatic carbocycles. The molecule has 2 heterocycles. The van der Waals surface area contributed by atoms with Crippen LogP contribution in [0.3, 0.4) is 0 Å². The molecule has 3 aromatic rings. The zero-order valence-electron chi connectivity index (χ0n) is 15.8. The van der Waals surface area contributed by atoms with Crippen molar-refractivity contribution in [2.45, 2.75) is 0 Å². The predicted molar refractivity (Wildman–Crippen MR) is 113 cm³/mol. The van der Waals surface area contributed by atoms with Crippen LogP contribution in [0.2, 0.25) is 0 Å². The number of benzene rings is 2. The van der Waals surface area contributed by atoms with Crippen molar-refractivity contribution in [2.75, 3.05) is 50.7 Å². The van der Waals surface area contributed by atoms with Gasteiger partial charge in [-0.15, -0.1) is 12.4 Å². The Morgan fingerprint density at radius 3 is 2.46 bits per heavy atom. The summed E-state index contributed by atoms with van der Waals surface area (Å²) in [4.78, 5) is 11.1. The monoisotopic (exact) mass is 402 g/mol. The number of aromatic nitrogens is 2. The van der Waals surface area contributed by atoms with Crippen molar-refractivity contribution in [1.82, 2.24) is 9.97 Å². The van der Waals surface area contributed by atoms with E-state index in [2.05, 4.69) is 32.3 Å². The first-order chi connectivity index (χ1) is 13.3. The van der Waals surface area contributed by atoms with Crippen LogP contribution in [-0.4, -0.2) is 50.5 Å². The Hall–Kier alpha value is -2.77. The molecule has 1 aliphatic rings. The number of rotatable bonds is 5. The quantitative estimate of drug-likeness (QED) is 0.698. The number of hydrogen-bond donors (Lipinski definition) is 1. The SMILES string of the molecule is COc1cc2ncnc(Nc3ccccc3N3CCOCC3)c2cc1OC.Cl. The van der Waals surface area contributed by atoms with Crippen LogP contribution >= 0.6 is 12.4 Å². The molecule has 0 amide bonds. The molecular weight excluding hydrogens is 380 g/mol. The van der Waals surface area contributed by atoms with Crippen molar-refractivity contribution >= 4 is 40.5 Å². The van der Waals surface area contributed by atoms with E-state index < -0.39 is 0 Å². The summed E-state index contributed by atoms with van der Waals surface area (Å²) >= 11 is 0. The maximum absolute atomic E-state index is 5.48. The van der Waals surface area contributed by atoms with Gasteiger partial charge in [-0.05, 0) is 18.2 Å². The van der Waals surface area contributed by atoms with E-state index in [-0.39, 0.29) is 12.4 Å². The van der Waals surface area contributed by atoms with Gasteiger partial charge in [0.1, 0.15) is 12.1 Å². The summed E-state index contributed by atoms with van der Waals surface area (Å²) in [5.41, 5.74) is 2.91. The van der Waals surface area contributed by atoms with E-state index in [4.69, 9.17) is 14.2 Å². The molecule has 0 unspecified atom stereocenters. The molecule has 0 radical (unpaired) electrons. The summed E-state index contributed by atoms with van der Waals surface area (Å²) in [7, 11) is 3.23. The normalized spacial score (nSPS) is 13.7. The largest absolute Gasteiger partial charge is 0.493 e. The van der Waals surface area contributed by atoms with Gasteiger partial charge in [0, 0.05) is 24.5 Å². The van der Waals surface area contributed by atoms with E-state index >= 15 is 0 Å². The minimum atomic E-state index is 0. The number of halogens is 1. The molecule has 2 aromatic carbocycles. The van der Waals surface area contributed by atoms with Gasteiger partial charge in [-0.25, -0.2) is 9.97 Å². The summed E-state index contributed by atoms with van der Waals surface area (Å²) in [5.74, 6) is 2.01. The van der Waals surface area contributed by atoms with Crippen LogP contribution in [0.25, 0.3) is 10.9 Å². The van der Waals surface area contributed by atoms with E-state index in [1.807, 2.05) is 24.3 Å². The van der Waals surface area contributed by atoms with Gasteiger partial charge < -0.3 is 24.4 Å². The second-order valence-corrected chi connectivity index (χ2v) is 6.19. The van der Waals surface area contributed by atoms with Crippen molar-refractivity contribution in [1.29, 1.82) is 0 Å². The fourth-order valence-corrected chi connectivity index (χ4v) is 3.27. The van der Waals surface area contributed by atoms with Crippen LogP contribution in [0.15, 0.2) is 42.7 Å². The van der Waals surface area contributed by atoms with Gasteiger partial charge in [0.15, 0.2) is 11.5 Å². The molecule has 1 saturated heterocycles. The first kappa shape index (κ1) is 20.0. The summed E-state index contributed by atoms with van der Waals surface area (Å²) in [6.45, 7) is 3.21. The molecule has 148 valence electrons. The van der Waals surface area contributed by atoms with Gasteiger partial charge in [-0.3, -0.25) is 0 Å². The van der Waals surface area contributed by atoms with Crippen molar-refractivity contribution in [2.24, 2.45) is 0 Å². The van der Waals surface area contributed by atoms with Crippen molar-refractivity contribution < 1.29 is 14.2 Å². The molecule has 1 aliphatic heterocycles. The molecule has 1 aromatic heterocycles. The maximum atomic E-state index is 5.48. The lowest BCUT2D eigenvalue weighted by Gasteiger charge is -2.30. The average Bonchev–Trinajstić information content (AvgIpc) is 2.74. The molecule has 1 fully saturated rings. The lowest BCUT2D eigenvalue weighted by atomic mass is 10.2. The van der Waals surface area contributed by atoms with Gasteiger partial charge in [0.2, 0.25) is 0 Å². The summed E-state index contributed by atoms with van der Waals surface area (Å²) in [6, 6.07) is 12.0. The molecule has 0 atom stereocenters. The van der Waals surface area contributed by atoms with Crippen LogP contribution in [0.4, 0.5) is 17.2 Å². The van der Waals surface area contributed by atoms with Crippen LogP contribution in [0.1, 0.15) is 0 Å². The Bertz CT molecular complexity index is 948. The van der Waals surface area contributed by atoms with Gasteiger partial charge >= 0.3 is 0 Å². The summed E-state index contributed by atoms with van der Waals surface area (Å²) in [6.07, 6.45) is 1.55. The molecule has 1 N–H and O–H groups in total. The highest BCUT2D eigenvalue weighted by atomic mass is 35.5. The molecule has 4 rings (SSSR count). The second-order valence-electron chi connectivity index (χ2n) is 6.19. The molecule has 0 spiro atoms. The Labute approximate surface area is 170 Å². The molecule has 28 heavy (non-hydrogen) atoms. The van der Waals surface area contributed by atoms with E-state index in [9.17, 15) is 0 Å². The Morgan fingerprint density at radius 1 is 1.00 bits per heavy atom. The van der Waals surface area contributed by atoms with E-state index in [1.165, 1.54) is 0 Å². The maximum Gasteiger partial charge on any atom is 0.162 e. The molecule has 0 bridgehead atoms. The zero-order chi connectivity index (χ0) is 18.6. The van der Waals surface area contributed by atoms with E-state index in [0.717, 1.165) is 54.4 Å². The fourth-order valence-electron chi connectivity index (χ4n) is 3.27. The number of anilines is 3. The first-order valence-electron chi connectivity index (χ1n) is 8.85. The van der Waals surface area contributed by atoms with Crippen LogP contribution < -0.4 is 19.7 Å². The van der Waals surface area contributed by atoms with Gasteiger partial charge in [0.25, 0.3) is 0 Å². The van der Waals surface area contributed by atoms with Gasteiger partial charge in [-0.2, -0.15) is 0 Å². The number of methoxy groups -OCH3 is 2. The third-order valence-corrected chi connectivity index (χ3v) is 4.65. The highest BCUT2D eigenvalue weighted by molar-refractivity contribution is 5.94. The minimum Gasteiger partial charge on any atom is -0.493 e. The summed E-state index contributed by atoms with van der Waals surface area (Å²) in [5, 5.41) is 4.34. The van der Waals surface area contributed by atoms with E-state index in [1.54, 1.807) is 20.5 Å². The molecule has 7 nitrogen and oxygen atoms in total. The van der Waals surface area contributed by atoms with Crippen molar-refractivity contribution in [3.63, 3.8) is 0 Å². The van der Waals surface area contributed by atoms with Gasteiger partial charge in [0.05, 0.1) is 44.3 Å². The standard InChI is InChI=1S/C20H22N4O3.ClH/c1-25-18-11-14-16(12-19(18)26-2)21-13-22-20(14)23-15-5-3-4-6-17(15)24-7-9-27-10-8-24;/h3-6,11-13H,7-10H2,1-2H3,(H,21,22,23);1H. The molecule has 8 heteroatoms. The minimum absolute atomic E-state index is 0. The van der Waals surface area contributed by atoms with E-state index in [0.29, 0.717) is 11.5 Å². The lowest BCUT2D eigenvalue weighted by Crippen LogP contribution is -2.36. The third-order valence-electron chi connectivity index (χ3n) is 4.65. The number of hydrogen-bond acceptors (Lipinski definition) is 7. The van der Waals surface area contributed by atoms with Crippen LogP contribution in [0, 0.1) is 0 Å². The van der Waals surface area contributed by atoms with Crippen LogP contribution in [-0.2, 0) is 4.74 Å². The molecule has 0 saturated carbocycles. The fraction of sp³-hybridized carbons (Fsp3) is 0.300. The zero-order valence-corrected chi connectivity index (χ0v) is 16.7. The number of nitrogens with one attached hydrogen (secondary N) is 1.